The van der Waals surface area contributed by atoms with Crippen LogP contribution in [0.3, 0.4) is 0 Å². The monoisotopic (exact) mass is 296 g/mol. The second-order valence-electron chi connectivity index (χ2n) is 4.78. The van der Waals surface area contributed by atoms with Gasteiger partial charge in [-0.1, -0.05) is 17.7 Å². The fourth-order valence-electron chi connectivity index (χ4n) is 1.57. The molecule has 1 aromatic carbocycles. The first-order valence-corrected chi connectivity index (χ1v) is 6.89. The molecule has 1 aromatic rings. The number of hydrogen-bond acceptors (Lipinski definition) is 2. The molecule has 0 spiro atoms. The molecule has 4 N–H and O–H groups in total. The second kappa shape index (κ2) is 7.75. The molecule has 0 unspecified atom stereocenters. The first-order valence-electron chi connectivity index (χ1n) is 6.51. The lowest BCUT2D eigenvalue weighted by Crippen LogP contribution is -2.36. The Kier molecular flexibility index (Phi) is 6.31. The molecule has 0 atom stereocenters. The number of carbonyl (C=O) groups is 1. The number of hydrogen-bond donors (Lipinski definition) is 3. The number of carbonyl (C=O) groups excluding carboxylic acids is 1. The molecule has 0 heterocycles. The standard InChI is InChI=1S/C14H21ClN4O/c1-9(2)18-14(16)17-8-7-13(20)19-12-6-4-5-11(15)10(12)3/h4-6,9H,7-8H2,1-3H3,(H,19,20)(H3,16,17,18). The molecule has 0 aliphatic heterocycles. The predicted molar refractivity (Wildman–Crippen MR) is 84.2 cm³/mol. The molecular formula is C14H21ClN4O. The van der Waals surface area contributed by atoms with Gasteiger partial charge in [-0.05, 0) is 38.5 Å². The Morgan fingerprint density at radius 3 is 2.80 bits per heavy atom. The number of anilines is 1. The van der Waals surface area contributed by atoms with Crippen molar-refractivity contribution < 1.29 is 4.79 Å². The molecule has 1 amide bonds. The van der Waals surface area contributed by atoms with Crippen LogP contribution in [0, 0.1) is 6.92 Å². The molecule has 0 saturated heterocycles. The normalized spacial score (nSPS) is 11.6. The van der Waals surface area contributed by atoms with E-state index < -0.39 is 0 Å². The van der Waals surface area contributed by atoms with Gasteiger partial charge in [-0.25, -0.2) is 0 Å². The number of guanidine groups is 1. The van der Waals surface area contributed by atoms with Gasteiger partial charge in [0.15, 0.2) is 5.96 Å². The molecule has 20 heavy (non-hydrogen) atoms. The topological polar surface area (TPSA) is 79.5 Å². The van der Waals surface area contributed by atoms with Crippen LogP contribution < -0.4 is 16.4 Å². The Hall–Kier alpha value is -1.75. The number of nitrogens with zero attached hydrogens (tertiary/aromatic N) is 1. The molecule has 0 aliphatic carbocycles. The lowest BCUT2D eigenvalue weighted by Gasteiger charge is -2.10. The van der Waals surface area contributed by atoms with Gasteiger partial charge in [0.1, 0.15) is 0 Å². The summed E-state index contributed by atoms with van der Waals surface area (Å²) in [5.74, 6) is 0.239. The largest absolute Gasteiger partial charge is 0.370 e. The van der Waals surface area contributed by atoms with Gasteiger partial charge < -0.3 is 16.4 Å². The first-order chi connectivity index (χ1) is 9.40. The zero-order chi connectivity index (χ0) is 15.1. The van der Waals surface area contributed by atoms with Gasteiger partial charge in [-0.3, -0.25) is 9.79 Å². The van der Waals surface area contributed by atoms with E-state index >= 15 is 0 Å². The lowest BCUT2D eigenvalue weighted by atomic mass is 10.2. The van der Waals surface area contributed by atoms with E-state index in [2.05, 4.69) is 15.6 Å². The quantitative estimate of drug-likeness (QED) is 0.576. The third-order valence-electron chi connectivity index (χ3n) is 2.60. The fourth-order valence-corrected chi connectivity index (χ4v) is 1.75. The highest BCUT2D eigenvalue weighted by molar-refractivity contribution is 6.31. The van der Waals surface area contributed by atoms with Crippen molar-refractivity contribution in [1.82, 2.24) is 5.32 Å². The highest BCUT2D eigenvalue weighted by Gasteiger charge is 2.06. The summed E-state index contributed by atoms with van der Waals surface area (Å²) >= 11 is 5.99. The van der Waals surface area contributed by atoms with Crippen LogP contribution >= 0.6 is 11.6 Å². The lowest BCUT2D eigenvalue weighted by molar-refractivity contribution is -0.116. The predicted octanol–water partition coefficient (Wildman–Crippen LogP) is 2.29. The van der Waals surface area contributed by atoms with Crippen molar-refractivity contribution >= 4 is 29.2 Å². The second-order valence-corrected chi connectivity index (χ2v) is 5.18. The van der Waals surface area contributed by atoms with Gasteiger partial charge in [-0.15, -0.1) is 0 Å². The summed E-state index contributed by atoms with van der Waals surface area (Å²) in [6.45, 7) is 6.14. The molecule has 0 fully saturated rings. The summed E-state index contributed by atoms with van der Waals surface area (Å²) in [4.78, 5) is 15.9. The van der Waals surface area contributed by atoms with E-state index in [0.717, 1.165) is 11.3 Å². The van der Waals surface area contributed by atoms with Gasteiger partial charge in [0.25, 0.3) is 0 Å². The summed E-state index contributed by atoms with van der Waals surface area (Å²) in [5, 5.41) is 6.40. The van der Waals surface area contributed by atoms with Crippen molar-refractivity contribution in [2.45, 2.75) is 33.2 Å². The highest BCUT2D eigenvalue weighted by atomic mass is 35.5. The summed E-state index contributed by atoms with van der Waals surface area (Å²) in [6, 6.07) is 5.63. The molecule has 1 rings (SSSR count). The Morgan fingerprint density at radius 2 is 2.15 bits per heavy atom. The maximum atomic E-state index is 11.8. The summed E-state index contributed by atoms with van der Waals surface area (Å²) in [7, 11) is 0. The number of nitrogens with two attached hydrogens (primary N) is 1. The van der Waals surface area contributed by atoms with Crippen LogP contribution in [-0.2, 0) is 4.79 Å². The minimum absolute atomic E-state index is 0.114. The first kappa shape index (κ1) is 16.3. The molecule has 5 nitrogen and oxygen atoms in total. The number of amides is 1. The minimum atomic E-state index is -0.114. The average molecular weight is 297 g/mol. The maximum Gasteiger partial charge on any atom is 0.226 e. The minimum Gasteiger partial charge on any atom is -0.370 e. The molecule has 0 aliphatic rings. The number of halogens is 1. The van der Waals surface area contributed by atoms with Crippen molar-refractivity contribution in [2.24, 2.45) is 10.7 Å². The molecular weight excluding hydrogens is 276 g/mol. The van der Waals surface area contributed by atoms with Crippen LogP contribution in [0.4, 0.5) is 5.69 Å². The van der Waals surface area contributed by atoms with Crippen LogP contribution in [0.15, 0.2) is 23.2 Å². The van der Waals surface area contributed by atoms with E-state index in [1.807, 2.05) is 26.8 Å². The Balaban J connectivity index is 2.47. The van der Waals surface area contributed by atoms with Gasteiger partial charge in [0.2, 0.25) is 5.91 Å². The average Bonchev–Trinajstić information content (AvgIpc) is 2.34. The third kappa shape index (κ3) is 5.48. The van der Waals surface area contributed by atoms with Crippen LogP contribution in [0.2, 0.25) is 5.02 Å². The van der Waals surface area contributed by atoms with Crippen molar-refractivity contribution in [3.63, 3.8) is 0 Å². The molecule has 6 heteroatoms. The van der Waals surface area contributed by atoms with E-state index in [9.17, 15) is 4.79 Å². The number of nitrogens with one attached hydrogen (secondary N) is 2. The van der Waals surface area contributed by atoms with Crippen molar-refractivity contribution in [1.29, 1.82) is 0 Å². The van der Waals surface area contributed by atoms with E-state index in [1.54, 1.807) is 12.1 Å². The van der Waals surface area contributed by atoms with Crippen molar-refractivity contribution in [2.75, 3.05) is 11.9 Å². The van der Waals surface area contributed by atoms with Gasteiger partial charge in [-0.2, -0.15) is 0 Å². The van der Waals surface area contributed by atoms with Crippen molar-refractivity contribution in [3.05, 3.63) is 28.8 Å². The van der Waals surface area contributed by atoms with Crippen LogP contribution in [0.1, 0.15) is 25.8 Å². The molecule has 110 valence electrons. The Morgan fingerprint density at radius 1 is 1.45 bits per heavy atom. The third-order valence-corrected chi connectivity index (χ3v) is 3.01. The van der Waals surface area contributed by atoms with Gasteiger partial charge >= 0.3 is 0 Å². The molecule has 0 bridgehead atoms. The zero-order valence-electron chi connectivity index (χ0n) is 12.0. The van der Waals surface area contributed by atoms with Crippen LogP contribution in [0.5, 0.6) is 0 Å². The summed E-state index contributed by atoms with van der Waals surface area (Å²) in [6.07, 6.45) is 0.270. The Bertz CT molecular complexity index is 500. The maximum absolute atomic E-state index is 11.8. The number of rotatable bonds is 5. The molecule has 0 saturated carbocycles. The van der Waals surface area contributed by atoms with E-state index in [-0.39, 0.29) is 18.4 Å². The van der Waals surface area contributed by atoms with Gasteiger partial charge in [0.05, 0.1) is 6.54 Å². The number of aliphatic imine (C=N–C) groups is 1. The fraction of sp³-hybridized carbons (Fsp3) is 0.429. The molecule has 0 aromatic heterocycles. The number of benzene rings is 1. The van der Waals surface area contributed by atoms with Gasteiger partial charge in [0, 0.05) is 23.2 Å². The van der Waals surface area contributed by atoms with E-state index in [0.29, 0.717) is 17.5 Å². The van der Waals surface area contributed by atoms with Crippen LogP contribution in [-0.4, -0.2) is 24.5 Å². The highest BCUT2D eigenvalue weighted by Crippen LogP contribution is 2.22. The van der Waals surface area contributed by atoms with E-state index in [4.69, 9.17) is 17.3 Å². The van der Waals surface area contributed by atoms with Crippen LogP contribution in [0.25, 0.3) is 0 Å². The van der Waals surface area contributed by atoms with E-state index in [1.165, 1.54) is 0 Å². The SMILES string of the molecule is Cc1c(Cl)cccc1NC(=O)CCN=C(N)NC(C)C. The Labute approximate surface area is 124 Å². The summed E-state index contributed by atoms with van der Waals surface area (Å²) < 4.78 is 0. The smallest absolute Gasteiger partial charge is 0.226 e. The molecule has 0 radical (unpaired) electrons. The zero-order valence-corrected chi connectivity index (χ0v) is 12.8. The van der Waals surface area contributed by atoms with Crippen molar-refractivity contribution in [3.8, 4) is 0 Å². The summed E-state index contributed by atoms with van der Waals surface area (Å²) in [5.41, 5.74) is 7.22.